The number of hydrogen-bond acceptors (Lipinski definition) is 5. The van der Waals surface area contributed by atoms with Crippen molar-refractivity contribution < 1.29 is 36.6 Å². The monoisotopic (exact) mass is 395 g/mol. The lowest BCUT2D eigenvalue weighted by molar-refractivity contribution is -0.0543. The Morgan fingerprint density at radius 3 is 2.14 bits per heavy atom. The molecular formula is C19H13F4NO4. The van der Waals surface area contributed by atoms with E-state index in [-0.39, 0.29) is 16.7 Å². The number of rotatable bonds is 8. The normalized spacial score (nSPS) is 11.3. The average Bonchev–Trinajstić information content (AvgIpc) is 2.66. The number of carbonyl (C=O) groups excluding carboxylic acids is 1. The maximum absolute atomic E-state index is 12.6. The molecule has 0 aliphatic heterocycles. The first kappa shape index (κ1) is 20.8. The molecule has 0 aliphatic rings. The molecule has 0 spiro atoms. The van der Waals surface area contributed by atoms with Crippen LogP contribution >= 0.6 is 0 Å². The Balaban J connectivity index is 2.40. The predicted molar refractivity (Wildman–Crippen MR) is 90.6 cm³/mol. The van der Waals surface area contributed by atoms with Crippen LogP contribution in [0.5, 0.6) is 17.2 Å². The molecule has 0 unspecified atom stereocenters. The smallest absolute Gasteiger partial charge is 0.387 e. The van der Waals surface area contributed by atoms with Crippen LogP contribution in [0.4, 0.5) is 17.6 Å². The molecule has 0 atom stereocenters. The van der Waals surface area contributed by atoms with E-state index in [4.69, 9.17) is 4.74 Å². The number of allylic oxidation sites excluding steroid dienone is 1. The van der Waals surface area contributed by atoms with E-state index in [1.165, 1.54) is 31.4 Å². The summed E-state index contributed by atoms with van der Waals surface area (Å²) in [6, 6.07) is 10.6. The van der Waals surface area contributed by atoms with Crippen molar-refractivity contribution in [1.29, 1.82) is 5.26 Å². The number of halogens is 4. The second-order valence-corrected chi connectivity index (χ2v) is 5.18. The number of Topliss-reactive ketones (excluding diaryl/α,β-unsaturated/α-hetero) is 1. The zero-order valence-electron chi connectivity index (χ0n) is 14.4. The van der Waals surface area contributed by atoms with Crippen LogP contribution < -0.4 is 14.2 Å². The summed E-state index contributed by atoms with van der Waals surface area (Å²) < 4.78 is 63.3. The van der Waals surface area contributed by atoms with Gasteiger partial charge in [0.25, 0.3) is 0 Å². The topological polar surface area (TPSA) is 68.6 Å². The van der Waals surface area contributed by atoms with E-state index < -0.39 is 30.5 Å². The van der Waals surface area contributed by atoms with Gasteiger partial charge in [-0.2, -0.15) is 22.8 Å². The van der Waals surface area contributed by atoms with Gasteiger partial charge in [-0.15, -0.1) is 0 Å². The van der Waals surface area contributed by atoms with Gasteiger partial charge in [-0.05, 0) is 42.5 Å². The van der Waals surface area contributed by atoms with Gasteiger partial charge in [0.15, 0.2) is 0 Å². The Bertz CT molecular complexity index is 905. The Hall–Kier alpha value is -3.54. The molecule has 0 amide bonds. The van der Waals surface area contributed by atoms with Crippen molar-refractivity contribution in [3.8, 4) is 23.3 Å². The largest absolute Gasteiger partial charge is 0.497 e. The summed E-state index contributed by atoms with van der Waals surface area (Å²) in [5, 5.41) is 9.29. The van der Waals surface area contributed by atoms with Crippen molar-refractivity contribution in [2.45, 2.75) is 13.2 Å². The number of alkyl halides is 4. The van der Waals surface area contributed by atoms with Gasteiger partial charge in [-0.1, -0.05) is 0 Å². The minimum Gasteiger partial charge on any atom is -0.497 e. The molecule has 2 aromatic rings. The highest BCUT2D eigenvalue weighted by Gasteiger charge is 2.16. The highest BCUT2D eigenvalue weighted by molar-refractivity contribution is 6.14. The fourth-order valence-corrected chi connectivity index (χ4v) is 2.21. The molecule has 0 bridgehead atoms. The van der Waals surface area contributed by atoms with Crippen LogP contribution in [-0.2, 0) is 0 Å². The Kier molecular flexibility index (Phi) is 6.98. The number of carbonyl (C=O) groups is 1. The third kappa shape index (κ3) is 5.48. The van der Waals surface area contributed by atoms with Gasteiger partial charge in [0.2, 0.25) is 5.78 Å². The molecule has 2 aromatic carbocycles. The highest BCUT2D eigenvalue weighted by Crippen LogP contribution is 2.29. The van der Waals surface area contributed by atoms with Gasteiger partial charge >= 0.3 is 13.2 Å². The molecule has 2 rings (SSSR count). The first-order valence-electron chi connectivity index (χ1n) is 7.68. The lowest BCUT2D eigenvalue weighted by Crippen LogP contribution is -2.06. The number of nitrogens with zero attached hydrogens (tertiary/aromatic N) is 1. The molecule has 9 heteroatoms. The standard InChI is InChI=1S/C19H13F4NO4/c1-26-14-5-2-11(3-6-14)17(25)13(10-24)8-12-4-7-15(27-18(20)21)9-16(12)28-19(22)23/h2-9,18-19H,1H3/b13-8+. The molecule has 0 aliphatic carbocycles. The van der Waals surface area contributed by atoms with Gasteiger partial charge in [-0.3, -0.25) is 4.79 Å². The molecule has 146 valence electrons. The lowest BCUT2D eigenvalue weighted by Gasteiger charge is -2.11. The van der Waals surface area contributed by atoms with Crippen LogP contribution in [0.1, 0.15) is 15.9 Å². The fraction of sp³-hybridized carbons (Fsp3) is 0.158. The molecular weight excluding hydrogens is 382 g/mol. The number of ether oxygens (including phenoxy) is 3. The van der Waals surface area contributed by atoms with E-state index in [1.54, 1.807) is 6.07 Å². The number of ketones is 1. The van der Waals surface area contributed by atoms with Crippen LogP contribution in [0.3, 0.4) is 0 Å². The summed E-state index contributed by atoms with van der Waals surface area (Å²) in [5.74, 6) is -1.10. The molecule has 0 heterocycles. The summed E-state index contributed by atoms with van der Waals surface area (Å²) in [6.07, 6.45) is 1.02. The van der Waals surface area contributed by atoms with Crippen LogP contribution in [0.25, 0.3) is 6.08 Å². The molecule has 0 fully saturated rings. The number of nitriles is 1. The van der Waals surface area contributed by atoms with Crippen molar-refractivity contribution in [2.24, 2.45) is 0 Å². The van der Waals surface area contributed by atoms with Crippen LogP contribution in [0.2, 0.25) is 0 Å². The van der Waals surface area contributed by atoms with Gasteiger partial charge in [0.1, 0.15) is 28.9 Å². The van der Waals surface area contributed by atoms with Gasteiger partial charge < -0.3 is 14.2 Å². The van der Waals surface area contributed by atoms with E-state index in [0.717, 1.165) is 24.3 Å². The molecule has 0 radical (unpaired) electrons. The third-order valence-corrected chi connectivity index (χ3v) is 3.44. The molecule has 0 saturated carbocycles. The number of hydrogen-bond donors (Lipinski definition) is 0. The third-order valence-electron chi connectivity index (χ3n) is 3.44. The average molecular weight is 395 g/mol. The highest BCUT2D eigenvalue weighted by atomic mass is 19.3. The first-order chi connectivity index (χ1) is 13.3. The number of benzene rings is 2. The predicted octanol–water partition coefficient (Wildman–Crippen LogP) is 4.69. The van der Waals surface area contributed by atoms with Crippen molar-refractivity contribution in [3.05, 3.63) is 59.2 Å². The molecule has 0 saturated heterocycles. The maximum atomic E-state index is 12.6. The Morgan fingerprint density at radius 1 is 1.00 bits per heavy atom. The zero-order valence-corrected chi connectivity index (χ0v) is 14.4. The van der Waals surface area contributed by atoms with Gasteiger partial charge in [-0.25, -0.2) is 0 Å². The second kappa shape index (κ2) is 9.41. The van der Waals surface area contributed by atoms with Crippen LogP contribution in [0, 0.1) is 11.3 Å². The van der Waals surface area contributed by atoms with E-state index in [2.05, 4.69) is 9.47 Å². The van der Waals surface area contributed by atoms with E-state index >= 15 is 0 Å². The van der Waals surface area contributed by atoms with Crippen molar-refractivity contribution in [2.75, 3.05) is 7.11 Å². The van der Waals surface area contributed by atoms with Crippen molar-refractivity contribution in [1.82, 2.24) is 0 Å². The summed E-state index contributed by atoms with van der Waals surface area (Å²) >= 11 is 0. The summed E-state index contributed by atoms with van der Waals surface area (Å²) in [4.78, 5) is 12.5. The van der Waals surface area contributed by atoms with E-state index in [9.17, 15) is 27.6 Å². The minimum absolute atomic E-state index is 0.0830. The Morgan fingerprint density at radius 2 is 1.61 bits per heavy atom. The summed E-state index contributed by atoms with van der Waals surface area (Å²) in [6.45, 7) is -6.41. The van der Waals surface area contributed by atoms with Crippen molar-refractivity contribution in [3.63, 3.8) is 0 Å². The van der Waals surface area contributed by atoms with E-state index in [0.29, 0.717) is 5.75 Å². The maximum Gasteiger partial charge on any atom is 0.387 e. The first-order valence-corrected chi connectivity index (χ1v) is 7.68. The summed E-state index contributed by atoms with van der Waals surface area (Å²) in [5.41, 5.74) is -0.283. The molecule has 0 N–H and O–H groups in total. The van der Waals surface area contributed by atoms with Crippen LogP contribution in [0.15, 0.2) is 48.0 Å². The SMILES string of the molecule is COc1ccc(C(=O)/C(C#N)=C/c2ccc(OC(F)F)cc2OC(F)F)cc1. The second-order valence-electron chi connectivity index (χ2n) is 5.18. The lowest BCUT2D eigenvalue weighted by atomic mass is 10.0. The molecule has 28 heavy (non-hydrogen) atoms. The summed E-state index contributed by atoms with van der Waals surface area (Å²) in [7, 11) is 1.45. The zero-order chi connectivity index (χ0) is 20.7. The number of methoxy groups -OCH3 is 1. The molecule has 5 nitrogen and oxygen atoms in total. The van der Waals surface area contributed by atoms with Crippen LogP contribution in [-0.4, -0.2) is 26.1 Å². The fourth-order valence-electron chi connectivity index (χ4n) is 2.21. The minimum atomic E-state index is -3.25. The molecule has 0 aromatic heterocycles. The Labute approximate surface area is 157 Å². The van der Waals surface area contributed by atoms with Gasteiger partial charge in [0, 0.05) is 17.2 Å². The van der Waals surface area contributed by atoms with Gasteiger partial charge in [0.05, 0.1) is 7.11 Å². The van der Waals surface area contributed by atoms with Crippen molar-refractivity contribution >= 4 is 11.9 Å². The van der Waals surface area contributed by atoms with E-state index in [1.807, 2.05) is 0 Å². The quantitative estimate of drug-likeness (QED) is 0.281.